The molecule has 1 atom stereocenters. The highest BCUT2D eigenvalue weighted by Gasteiger charge is 2.21. The summed E-state index contributed by atoms with van der Waals surface area (Å²) in [5.74, 6) is -1.67. The van der Waals surface area contributed by atoms with Crippen LogP contribution in [-0.4, -0.2) is 10.2 Å². The Morgan fingerprint density at radius 2 is 1.67 bits per heavy atom. The van der Waals surface area contributed by atoms with Gasteiger partial charge in [-0.25, -0.2) is 0 Å². The van der Waals surface area contributed by atoms with Gasteiger partial charge in [-0.1, -0.05) is 37.3 Å². The number of benzene rings is 1. The lowest BCUT2D eigenvalue weighted by atomic mass is 10.0. The highest BCUT2D eigenvalue weighted by atomic mass is 31.0. The van der Waals surface area contributed by atoms with E-state index < -0.39 is 5.79 Å². The van der Waals surface area contributed by atoms with Gasteiger partial charge >= 0.3 is 0 Å². The van der Waals surface area contributed by atoms with Crippen molar-refractivity contribution in [1.29, 1.82) is 0 Å². The van der Waals surface area contributed by atoms with Gasteiger partial charge in [0.25, 0.3) is 0 Å². The SMILES string of the molecule is CCC(O)(O)c1ccccc1.P. The standard InChI is InChI=1S/C9H12O2.H3P/c1-2-9(10,11)8-6-4-3-5-7-8;/h3-7,10-11H,2H2,1H3;1H3. The molecule has 0 amide bonds. The summed E-state index contributed by atoms with van der Waals surface area (Å²) in [7, 11) is 0. The summed E-state index contributed by atoms with van der Waals surface area (Å²) in [6, 6.07) is 8.81. The Balaban J connectivity index is 0.00000121. The first kappa shape index (κ1) is 11.6. The van der Waals surface area contributed by atoms with Crippen molar-refractivity contribution in [1.82, 2.24) is 0 Å². The van der Waals surface area contributed by atoms with Crippen LogP contribution in [-0.2, 0) is 5.79 Å². The summed E-state index contributed by atoms with van der Waals surface area (Å²) in [5, 5.41) is 18.7. The second kappa shape index (κ2) is 4.56. The van der Waals surface area contributed by atoms with Crippen LogP contribution in [0.4, 0.5) is 0 Å². The van der Waals surface area contributed by atoms with E-state index in [1.54, 1.807) is 31.2 Å². The summed E-state index contributed by atoms with van der Waals surface area (Å²) >= 11 is 0. The zero-order valence-electron chi connectivity index (χ0n) is 7.20. The summed E-state index contributed by atoms with van der Waals surface area (Å²) in [6.07, 6.45) is 0.303. The van der Waals surface area contributed by atoms with Crippen LogP contribution in [0.1, 0.15) is 18.9 Å². The summed E-state index contributed by atoms with van der Waals surface area (Å²) < 4.78 is 0. The Bertz CT molecular complexity index is 221. The van der Waals surface area contributed by atoms with Crippen molar-refractivity contribution in [3.05, 3.63) is 35.9 Å². The maximum atomic E-state index is 9.35. The summed E-state index contributed by atoms with van der Waals surface area (Å²) in [6.45, 7) is 1.73. The molecule has 0 aliphatic heterocycles. The van der Waals surface area contributed by atoms with Crippen LogP contribution in [0.15, 0.2) is 30.3 Å². The number of rotatable bonds is 2. The van der Waals surface area contributed by atoms with Gasteiger partial charge in [0.15, 0.2) is 5.79 Å². The molecule has 0 spiro atoms. The fourth-order valence-corrected chi connectivity index (χ4v) is 0.909. The van der Waals surface area contributed by atoms with Crippen LogP contribution in [0.3, 0.4) is 0 Å². The molecule has 12 heavy (non-hydrogen) atoms. The normalized spacial score (nSPS) is 10.6. The van der Waals surface area contributed by atoms with Crippen molar-refractivity contribution in [2.75, 3.05) is 0 Å². The quantitative estimate of drug-likeness (QED) is 0.539. The molecule has 0 aliphatic rings. The molecule has 2 nitrogen and oxygen atoms in total. The lowest BCUT2D eigenvalue weighted by Gasteiger charge is -2.19. The molecule has 3 heteroatoms. The van der Waals surface area contributed by atoms with Crippen molar-refractivity contribution < 1.29 is 10.2 Å². The fourth-order valence-electron chi connectivity index (χ4n) is 0.909. The third kappa shape index (κ3) is 2.56. The van der Waals surface area contributed by atoms with Gasteiger partial charge in [0.2, 0.25) is 0 Å². The first-order chi connectivity index (χ1) is 5.17. The van der Waals surface area contributed by atoms with Crippen LogP contribution < -0.4 is 0 Å². The summed E-state index contributed by atoms with van der Waals surface area (Å²) in [5.41, 5.74) is 0.544. The third-order valence-corrected chi connectivity index (χ3v) is 1.73. The fraction of sp³-hybridized carbons (Fsp3) is 0.333. The minimum absolute atomic E-state index is 0. The predicted octanol–water partition coefficient (Wildman–Crippen LogP) is 1.29. The maximum absolute atomic E-state index is 9.35. The Hall–Kier alpha value is -0.430. The molecule has 0 saturated carbocycles. The number of hydrogen-bond acceptors (Lipinski definition) is 2. The topological polar surface area (TPSA) is 40.5 Å². The van der Waals surface area contributed by atoms with Crippen LogP contribution >= 0.6 is 9.90 Å². The van der Waals surface area contributed by atoms with Crippen molar-refractivity contribution in [3.8, 4) is 0 Å². The van der Waals surface area contributed by atoms with Crippen LogP contribution in [0.5, 0.6) is 0 Å². The van der Waals surface area contributed by atoms with E-state index in [4.69, 9.17) is 0 Å². The second-order valence-electron chi connectivity index (χ2n) is 2.54. The third-order valence-electron chi connectivity index (χ3n) is 1.73. The van der Waals surface area contributed by atoms with E-state index in [1.807, 2.05) is 6.07 Å². The molecular weight excluding hydrogens is 171 g/mol. The molecule has 0 aliphatic carbocycles. The maximum Gasteiger partial charge on any atom is 0.189 e. The number of hydrogen-bond donors (Lipinski definition) is 2. The Morgan fingerprint density at radius 1 is 1.17 bits per heavy atom. The molecule has 1 rings (SSSR count). The molecule has 1 aromatic rings. The zero-order chi connectivity index (χ0) is 8.32. The Kier molecular flexibility index (Phi) is 4.40. The van der Waals surface area contributed by atoms with E-state index in [2.05, 4.69) is 0 Å². The van der Waals surface area contributed by atoms with E-state index in [1.165, 1.54) is 0 Å². The molecule has 0 aromatic heterocycles. The van der Waals surface area contributed by atoms with Crippen LogP contribution in [0, 0.1) is 0 Å². The summed E-state index contributed by atoms with van der Waals surface area (Å²) in [4.78, 5) is 0. The van der Waals surface area contributed by atoms with E-state index >= 15 is 0 Å². The van der Waals surface area contributed by atoms with E-state index in [-0.39, 0.29) is 9.90 Å². The smallest absolute Gasteiger partial charge is 0.189 e. The molecule has 0 radical (unpaired) electrons. The Morgan fingerprint density at radius 3 is 2.08 bits per heavy atom. The van der Waals surface area contributed by atoms with E-state index in [0.717, 1.165) is 0 Å². The minimum atomic E-state index is -1.67. The molecule has 1 unspecified atom stereocenters. The van der Waals surface area contributed by atoms with Crippen molar-refractivity contribution in [3.63, 3.8) is 0 Å². The molecule has 0 bridgehead atoms. The highest BCUT2D eigenvalue weighted by Crippen LogP contribution is 2.20. The molecular formula is C9H15O2P. The largest absolute Gasteiger partial charge is 0.362 e. The van der Waals surface area contributed by atoms with Gasteiger partial charge in [-0.05, 0) is 0 Å². The first-order valence-electron chi connectivity index (χ1n) is 3.67. The lowest BCUT2D eigenvalue weighted by Crippen LogP contribution is -2.23. The minimum Gasteiger partial charge on any atom is -0.362 e. The average molecular weight is 186 g/mol. The van der Waals surface area contributed by atoms with Gasteiger partial charge in [-0.2, -0.15) is 9.90 Å². The Labute approximate surface area is 75.9 Å². The molecule has 1 aromatic carbocycles. The first-order valence-corrected chi connectivity index (χ1v) is 3.67. The van der Waals surface area contributed by atoms with Crippen molar-refractivity contribution >= 4 is 9.90 Å². The van der Waals surface area contributed by atoms with E-state index in [0.29, 0.717) is 12.0 Å². The van der Waals surface area contributed by atoms with Gasteiger partial charge in [0, 0.05) is 12.0 Å². The molecule has 0 saturated heterocycles. The van der Waals surface area contributed by atoms with Crippen LogP contribution in [0.25, 0.3) is 0 Å². The monoisotopic (exact) mass is 186 g/mol. The lowest BCUT2D eigenvalue weighted by molar-refractivity contribution is -0.171. The van der Waals surface area contributed by atoms with E-state index in [9.17, 15) is 10.2 Å². The predicted molar refractivity (Wildman–Crippen MR) is 54.0 cm³/mol. The zero-order valence-corrected chi connectivity index (χ0v) is 8.61. The van der Waals surface area contributed by atoms with Gasteiger partial charge < -0.3 is 10.2 Å². The average Bonchev–Trinajstić information content (AvgIpc) is 2.06. The molecule has 2 N–H and O–H groups in total. The highest BCUT2D eigenvalue weighted by molar-refractivity contribution is 6.92. The number of aliphatic hydroxyl groups is 2. The van der Waals surface area contributed by atoms with Gasteiger partial charge in [-0.15, -0.1) is 0 Å². The van der Waals surface area contributed by atoms with Crippen molar-refractivity contribution in [2.24, 2.45) is 0 Å². The second-order valence-corrected chi connectivity index (χ2v) is 2.54. The molecule has 0 heterocycles. The molecule has 0 fully saturated rings. The van der Waals surface area contributed by atoms with Gasteiger partial charge in [0.1, 0.15) is 0 Å². The van der Waals surface area contributed by atoms with Gasteiger partial charge in [0.05, 0.1) is 0 Å². The van der Waals surface area contributed by atoms with Crippen molar-refractivity contribution in [2.45, 2.75) is 19.1 Å². The van der Waals surface area contributed by atoms with Gasteiger partial charge in [-0.3, -0.25) is 0 Å². The van der Waals surface area contributed by atoms with Crippen LogP contribution in [0.2, 0.25) is 0 Å². The molecule has 68 valence electrons.